The SMILES string of the molecule is Cc1nc2ccccc2cc1Oc1ccc(Cl)cc1Br. The van der Waals surface area contributed by atoms with Gasteiger partial charge >= 0.3 is 0 Å². The summed E-state index contributed by atoms with van der Waals surface area (Å²) in [4.78, 5) is 4.55. The van der Waals surface area contributed by atoms with Crippen molar-refractivity contribution in [2.75, 3.05) is 0 Å². The Kier molecular flexibility index (Phi) is 3.64. The van der Waals surface area contributed by atoms with Crippen molar-refractivity contribution in [2.45, 2.75) is 6.92 Å². The molecule has 0 bridgehead atoms. The molecular weight excluding hydrogens is 338 g/mol. The highest BCUT2D eigenvalue weighted by atomic mass is 79.9. The van der Waals surface area contributed by atoms with Crippen LogP contribution in [-0.2, 0) is 0 Å². The number of para-hydroxylation sites is 1. The lowest BCUT2D eigenvalue weighted by atomic mass is 10.2. The quantitative estimate of drug-likeness (QED) is 0.588. The maximum atomic E-state index is 5.94. The van der Waals surface area contributed by atoms with Crippen LogP contribution in [0.3, 0.4) is 0 Å². The van der Waals surface area contributed by atoms with Crippen LogP contribution in [0, 0.1) is 6.92 Å². The molecule has 0 atom stereocenters. The Morgan fingerprint density at radius 1 is 1.05 bits per heavy atom. The monoisotopic (exact) mass is 347 g/mol. The number of hydrogen-bond donors (Lipinski definition) is 0. The molecule has 1 aromatic heterocycles. The fraction of sp³-hybridized carbons (Fsp3) is 0.0625. The van der Waals surface area contributed by atoms with Crippen molar-refractivity contribution in [3.8, 4) is 11.5 Å². The van der Waals surface area contributed by atoms with Gasteiger partial charge < -0.3 is 4.74 Å². The van der Waals surface area contributed by atoms with Gasteiger partial charge in [-0.1, -0.05) is 29.8 Å². The van der Waals surface area contributed by atoms with Gasteiger partial charge in [-0.3, -0.25) is 0 Å². The summed E-state index contributed by atoms with van der Waals surface area (Å²) in [5, 5.41) is 1.72. The molecule has 20 heavy (non-hydrogen) atoms. The predicted molar refractivity (Wildman–Crippen MR) is 85.7 cm³/mol. The van der Waals surface area contributed by atoms with Crippen molar-refractivity contribution in [3.63, 3.8) is 0 Å². The van der Waals surface area contributed by atoms with Gasteiger partial charge in [0.05, 0.1) is 15.7 Å². The zero-order chi connectivity index (χ0) is 14.1. The summed E-state index contributed by atoms with van der Waals surface area (Å²) >= 11 is 9.38. The molecule has 0 saturated carbocycles. The topological polar surface area (TPSA) is 22.1 Å². The van der Waals surface area contributed by atoms with E-state index in [0.29, 0.717) is 5.02 Å². The molecule has 0 radical (unpaired) electrons. The molecule has 0 unspecified atom stereocenters. The van der Waals surface area contributed by atoms with Crippen LogP contribution in [0.2, 0.25) is 5.02 Å². The van der Waals surface area contributed by atoms with Crippen molar-refractivity contribution < 1.29 is 4.74 Å². The summed E-state index contributed by atoms with van der Waals surface area (Å²) in [5.41, 5.74) is 1.82. The summed E-state index contributed by atoms with van der Waals surface area (Å²) in [5.74, 6) is 1.46. The maximum Gasteiger partial charge on any atom is 0.149 e. The van der Waals surface area contributed by atoms with Gasteiger partial charge in [-0.15, -0.1) is 0 Å². The van der Waals surface area contributed by atoms with Gasteiger partial charge in [0, 0.05) is 10.4 Å². The first-order valence-corrected chi connectivity index (χ1v) is 7.30. The first-order valence-electron chi connectivity index (χ1n) is 6.13. The summed E-state index contributed by atoms with van der Waals surface area (Å²) in [6, 6.07) is 15.4. The number of aryl methyl sites for hydroxylation is 1. The maximum absolute atomic E-state index is 5.94. The third-order valence-corrected chi connectivity index (χ3v) is 3.84. The van der Waals surface area contributed by atoms with E-state index in [4.69, 9.17) is 16.3 Å². The molecule has 0 N–H and O–H groups in total. The Hall–Kier alpha value is -1.58. The number of nitrogens with zero attached hydrogens (tertiary/aromatic N) is 1. The Morgan fingerprint density at radius 2 is 1.85 bits per heavy atom. The third kappa shape index (κ3) is 2.65. The minimum absolute atomic E-state index is 0.664. The third-order valence-electron chi connectivity index (χ3n) is 2.98. The molecule has 3 aromatic rings. The molecule has 0 aliphatic rings. The second-order valence-corrected chi connectivity index (χ2v) is 5.73. The lowest BCUT2D eigenvalue weighted by molar-refractivity contribution is 0.474. The van der Waals surface area contributed by atoms with Gasteiger partial charge in [0.1, 0.15) is 11.5 Å². The van der Waals surface area contributed by atoms with E-state index in [1.54, 1.807) is 12.1 Å². The van der Waals surface area contributed by atoms with Crippen LogP contribution < -0.4 is 4.74 Å². The molecule has 4 heteroatoms. The average molecular weight is 349 g/mol. The van der Waals surface area contributed by atoms with E-state index in [9.17, 15) is 0 Å². The van der Waals surface area contributed by atoms with Crippen LogP contribution in [-0.4, -0.2) is 4.98 Å². The first-order chi connectivity index (χ1) is 9.63. The van der Waals surface area contributed by atoms with Crippen LogP contribution in [0.5, 0.6) is 11.5 Å². The molecule has 0 spiro atoms. The zero-order valence-corrected chi connectivity index (χ0v) is 13.1. The standard InChI is InChI=1S/C16H11BrClNO/c1-10-16(8-11-4-2-3-5-14(11)19-10)20-15-7-6-12(18)9-13(15)17/h2-9H,1H3. The highest BCUT2D eigenvalue weighted by Crippen LogP contribution is 2.33. The summed E-state index contributed by atoms with van der Waals surface area (Å²) < 4.78 is 6.75. The van der Waals surface area contributed by atoms with Gasteiger partial charge in [0.25, 0.3) is 0 Å². The Balaban J connectivity index is 2.03. The van der Waals surface area contributed by atoms with E-state index >= 15 is 0 Å². The van der Waals surface area contributed by atoms with Gasteiger partial charge in [-0.25, -0.2) is 4.98 Å². The number of pyridine rings is 1. The van der Waals surface area contributed by atoms with E-state index in [-0.39, 0.29) is 0 Å². The fourth-order valence-corrected chi connectivity index (χ4v) is 2.74. The van der Waals surface area contributed by atoms with Crippen LogP contribution in [0.1, 0.15) is 5.69 Å². The summed E-state index contributed by atoms with van der Waals surface area (Å²) in [6.45, 7) is 1.94. The minimum Gasteiger partial charge on any atom is -0.454 e. The molecule has 0 fully saturated rings. The van der Waals surface area contributed by atoms with Crippen LogP contribution in [0.4, 0.5) is 0 Å². The number of hydrogen-bond acceptors (Lipinski definition) is 2. The highest BCUT2D eigenvalue weighted by Gasteiger charge is 2.08. The Labute approximate surface area is 130 Å². The number of halogens is 2. The molecule has 3 rings (SSSR count). The average Bonchev–Trinajstić information content (AvgIpc) is 2.42. The second kappa shape index (κ2) is 5.43. The number of fused-ring (bicyclic) bond motifs is 1. The molecule has 2 nitrogen and oxygen atoms in total. The molecular formula is C16H11BrClNO. The predicted octanol–water partition coefficient (Wildman–Crippen LogP) is 5.75. The highest BCUT2D eigenvalue weighted by molar-refractivity contribution is 9.10. The number of aromatic nitrogens is 1. The van der Waals surface area contributed by atoms with E-state index < -0.39 is 0 Å². The molecule has 0 aliphatic heterocycles. The summed E-state index contributed by atoms with van der Waals surface area (Å²) in [7, 11) is 0. The number of benzene rings is 2. The van der Waals surface area contributed by atoms with Gasteiger partial charge in [-0.2, -0.15) is 0 Å². The molecule has 0 saturated heterocycles. The van der Waals surface area contributed by atoms with Crippen molar-refractivity contribution in [1.29, 1.82) is 0 Å². The molecule has 0 amide bonds. The second-order valence-electron chi connectivity index (χ2n) is 4.44. The lowest BCUT2D eigenvalue weighted by Crippen LogP contribution is -1.92. The van der Waals surface area contributed by atoms with Crippen molar-refractivity contribution in [1.82, 2.24) is 4.98 Å². The smallest absolute Gasteiger partial charge is 0.149 e. The normalized spacial score (nSPS) is 10.8. The molecule has 100 valence electrons. The van der Waals surface area contributed by atoms with Crippen molar-refractivity contribution in [3.05, 3.63) is 63.7 Å². The van der Waals surface area contributed by atoms with E-state index in [2.05, 4.69) is 20.9 Å². The van der Waals surface area contributed by atoms with Gasteiger partial charge in [0.15, 0.2) is 0 Å². The van der Waals surface area contributed by atoms with Crippen LogP contribution in [0.15, 0.2) is 53.0 Å². The molecule has 0 aliphatic carbocycles. The van der Waals surface area contributed by atoms with Crippen molar-refractivity contribution >= 4 is 38.4 Å². The van der Waals surface area contributed by atoms with Gasteiger partial charge in [0.2, 0.25) is 0 Å². The molecule has 2 aromatic carbocycles. The first kappa shape index (κ1) is 13.4. The largest absolute Gasteiger partial charge is 0.454 e. The molecule has 1 heterocycles. The van der Waals surface area contributed by atoms with E-state index in [0.717, 1.165) is 32.6 Å². The summed E-state index contributed by atoms with van der Waals surface area (Å²) in [6.07, 6.45) is 0. The number of ether oxygens (including phenoxy) is 1. The van der Waals surface area contributed by atoms with Crippen LogP contribution >= 0.6 is 27.5 Å². The number of rotatable bonds is 2. The Bertz CT molecular complexity index is 789. The van der Waals surface area contributed by atoms with E-state index in [1.165, 1.54) is 0 Å². The lowest BCUT2D eigenvalue weighted by Gasteiger charge is -2.11. The zero-order valence-electron chi connectivity index (χ0n) is 10.7. The van der Waals surface area contributed by atoms with Crippen LogP contribution in [0.25, 0.3) is 10.9 Å². The fourth-order valence-electron chi connectivity index (χ4n) is 1.97. The minimum atomic E-state index is 0.664. The van der Waals surface area contributed by atoms with Gasteiger partial charge in [-0.05, 0) is 53.2 Å². The Morgan fingerprint density at radius 3 is 2.65 bits per heavy atom. The van der Waals surface area contributed by atoms with Crippen molar-refractivity contribution in [2.24, 2.45) is 0 Å². The van der Waals surface area contributed by atoms with E-state index in [1.807, 2.05) is 43.3 Å².